The molecule has 10 atom stereocenters. The van der Waals surface area contributed by atoms with Gasteiger partial charge in [-0.25, -0.2) is 0 Å². The van der Waals surface area contributed by atoms with Crippen LogP contribution < -0.4 is 0 Å². The first-order chi connectivity index (χ1) is 41.9. The topological polar surface area (TPSA) is 142 Å². The van der Waals surface area contributed by atoms with Crippen LogP contribution in [0, 0.1) is 0 Å². The van der Waals surface area contributed by atoms with Gasteiger partial charge in [0.1, 0.15) is 0 Å². The van der Waals surface area contributed by atoms with Gasteiger partial charge in [0.05, 0.1) is 60.7 Å². The van der Waals surface area contributed by atoms with E-state index in [1.54, 1.807) is 0 Å². The van der Waals surface area contributed by atoms with Crippen molar-refractivity contribution in [1.82, 2.24) is 54.8 Å². The second kappa shape index (κ2) is 16.2. The lowest BCUT2D eigenvalue weighted by Gasteiger charge is -2.38. The Morgan fingerprint density at radius 2 is 0.435 bits per heavy atom. The molecule has 7 unspecified atom stereocenters. The Kier molecular flexibility index (Phi) is 8.75. The Labute approximate surface area is 489 Å². The maximum absolute atomic E-state index is 5.59. The number of aromatic nitrogens is 11. The Bertz CT molecular complexity index is 4810. The third-order valence-corrected chi connectivity index (χ3v) is 23.0. The minimum atomic E-state index is 0.356. The van der Waals surface area contributed by atoms with Crippen LogP contribution in [0.4, 0.5) is 0 Å². The van der Waals surface area contributed by atoms with Gasteiger partial charge in [0.15, 0.2) is 0 Å². The lowest BCUT2D eigenvalue weighted by atomic mass is 9.69. The molecular formula is C74H57N11. The number of pyridine rings is 11. The minimum Gasteiger partial charge on any atom is -0.255 e. The number of nitrogens with zero attached hydrogens (tertiary/aromatic N) is 11. The van der Waals surface area contributed by atoms with Crippen LogP contribution in [0.25, 0.3) is 66.1 Å². The average molecular weight is 1100 g/mol. The van der Waals surface area contributed by atoms with Gasteiger partial charge in [0.25, 0.3) is 0 Å². The predicted molar refractivity (Wildman–Crippen MR) is 327 cm³/mol. The van der Waals surface area contributed by atoms with Crippen molar-refractivity contribution in [3.8, 4) is 0 Å². The number of rotatable bonds is 0. The molecule has 0 saturated carbocycles. The second-order valence-corrected chi connectivity index (χ2v) is 27.9. The largest absolute Gasteiger partial charge is 0.255 e. The number of benzene rings is 1. The van der Waals surface area contributed by atoms with Gasteiger partial charge in [-0.3, -0.25) is 54.8 Å². The van der Waals surface area contributed by atoms with Crippen molar-refractivity contribution >= 4 is 66.1 Å². The molecule has 0 radical (unpaired) electrons. The molecule has 0 amide bonds. The summed E-state index contributed by atoms with van der Waals surface area (Å²) >= 11 is 0. The Morgan fingerprint density at radius 1 is 0.212 bits per heavy atom. The number of fused-ring (bicyclic) bond motifs is 36. The molecule has 0 spiro atoms. The van der Waals surface area contributed by atoms with E-state index < -0.39 is 0 Å². The molecule has 10 bridgehead atoms. The summed E-state index contributed by atoms with van der Waals surface area (Å²) in [6, 6.07) is 36.6. The van der Waals surface area contributed by atoms with E-state index in [0.717, 1.165) is 157 Å². The highest BCUT2D eigenvalue weighted by atomic mass is 14.9. The third kappa shape index (κ3) is 6.54. The second-order valence-electron chi connectivity index (χ2n) is 27.9. The molecule has 11 heteroatoms. The highest BCUT2D eigenvalue weighted by Gasteiger charge is 2.43. The van der Waals surface area contributed by atoms with Crippen LogP contribution >= 0.6 is 0 Å². The summed E-state index contributed by atoms with van der Waals surface area (Å²) < 4.78 is 0. The fraction of sp³-hybridized carbons (Fsp3) is 0.338. The molecule has 85 heavy (non-hydrogen) atoms. The molecule has 0 N–H and O–H groups in total. The molecule has 0 fully saturated rings. The molecule has 1 aromatic carbocycles. The summed E-state index contributed by atoms with van der Waals surface area (Å²) in [5.74, 6) is 3.83. The van der Waals surface area contributed by atoms with E-state index in [4.69, 9.17) is 49.8 Å². The zero-order valence-electron chi connectivity index (χ0n) is 47.1. The first-order valence-electron chi connectivity index (χ1n) is 31.8. The summed E-state index contributed by atoms with van der Waals surface area (Å²) in [6.07, 6.45) is 17.1. The van der Waals surface area contributed by atoms with E-state index in [1.807, 2.05) is 12.3 Å². The molecule has 11 nitrogen and oxygen atoms in total. The standard InChI is InChI=1S/C74H57N11/c1-2-5-54-33(4-1)8-34-9-35-10-36(65(34)76-54)16-46-25-58-57(78-67(35)46)27-48-18-39-12-40(69(48)80-58)20-50-29-62-61(82-71(39)50)31-52-22-43-14-44(73(52)84-62)23-53-32-64-63(85-74(43)53)30-51-21-41-13-42(72(51)83-64)19-49-28-60-59(81-70(41)49)26-47-17-37-11-38(68(47)79-60)15-45-24-56-55(77-66(37)45)6-3-7-75-56/h1-8,24-32,35-44H,9-23H2/t35-,36-,37?,38?,39?,40-,41?,42?,43?,44?/m0/s1. The highest BCUT2D eigenvalue weighted by Crippen LogP contribution is 2.54. The van der Waals surface area contributed by atoms with Crippen LogP contribution in [-0.2, 0) is 64.2 Å². The van der Waals surface area contributed by atoms with Crippen molar-refractivity contribution in [2.24, 2.45) is 0 Å². The van der Waals surface area contributed by atoms with Crippen molar-refractivity contribution in [3.05, 3.63) is 216 Å². The Hall–Kier alpha value is -8.57. The normalized spacial score (nSPS) is 26.4. The smallest absolute Gasteiger partial charge is 0.0893 e. The summed E-state index contributed by atoms with van der Waals surface area (Å²) in [4.78, 5) is 59.5. The molecule has 11 aromatic heterocycles. The van der Waals surface area contributed by atoms with Crippen molar-refractivity contribution < 1.29 is 0 Å². The molecule has 12 aromatic rings. The summed E-state index contributed by atoms with van der Waals surface area (Å²) in [5.41, 5.74) is 37.9. The van der Waals surface area contributed by atoms with E-state index in [0.29, 0.717) is 59.2 Å². The van der Waals surface area contributed by atoms with Crippen molar-refractivity contribution in [3.63, 3.8) is 0 Å². The van der Waals surface area contributed by atoms with Gasteiger partial charge in [0, 0.05) is 128 Å². The number of para-hydroxylation sites is 1. The van der Waals surface area contributed by atoms with E-state index in [2.05, 4.69) is 96.0 Å². The van der Waals surface area contributed by atoms with E-state index >= 15 is 0 Å². The molecule has 408 valence electrons. The van der Waals surface area contributed by atoms with E-state index in [1.165, 1.54) is 118 Å². The third-order valence-electron chi connectivity index (χ3n) is 23.0. The monoisotopic (exact) mass is 1100 g/mol. The van der Waals surface area contributed by atoms with Crippen LogP contribution in [0.3, 0.4) is 0 Å². The quantitative estimate of drug-likeness (QED) is 0.143. The van der Waals surface area contributed by atoms with Crippen molar-refractivity contribution in [2.75, 3.05) is 0 Å². The Balaban J connectivity index is 0.544. The van der Waals surface area contributed by atoms with Gasteiger partial charge in [-0.2, -0.15) is 0 Å². The van der Waals surface area contributed by atoms with Crippen LogP contribution in [0.15, 0.2) is 103 Å². The number of hydrogen-bond acceptors (Lipinski definition) is 11. The van der Waals surface area contributed by atoms with Crippen LogP contribution in [-0.4, -0.2) is 54.8 Å². The zero-order valence-corrected chi connectivity index (χ0v) is 47.1. The molecular weight excluding hydrogens is 1040 g/mol. The van der Waals surface area contributed by atoms with Crippen LogP contribution in [0.2, 0.25) is 0 Å². The van der Waals surface area contributed by atoms with Crippen LogP contribution in [0.1, 0.15) is 204 Å². The van der Waals surface area contributed by atoms with E-state index in [9.17, 15) is 0 Å². The maximum Gasteiger partial charge on any atom is 0.0893 e. The van der Waals surface area contributed by atoms with Gasteiger partial charge in [-0.1, -0.05) is 18.2 Å². The van der Waals surface area contributed by atoms with Gasteiger partial charge in [-0.05, 0) is 231 Å². The highest BCUT2D eigenvalue weighted by molar-refractivity contribution is 5.83. The molecule has 10 aliphatic carbocycles. The van der Waals surface area contributed by atoms with Crippen molar-refractivity contribution in [1.29, 1.82) is 0 Å². The van der Waals surface area contributed by atoms with Gasteiger partial charge < -0.3 is 0 Å². The lowest BCUT2D eigenvalue weighted by Crippen LogP contribution is -2.29. The Morgan fingerprint density at radius 3 is 0.729 bits per heavy atom. The van der Waals surface area contributed by atoms with E-state index in [-0.39, 0.29) is 0 Å². The maximum atomic E-state index is 5.59. The van der Waals surface area contributed by atoms with Gasteiger partial charge in [-0.15, -0.1) is 0 Å². The summed E-state index contributed by atoms with van der Waals surface area (Å²) in [7, 11) is 0. The van der Waals surface area contributed by atoms with Crippen molar-refractivity contribution in [2.45, 2.75) is 155 Å². The molecule has 10 aliphatic rings. The van der Waals surface area contributed by atoms with Crippen LogP contribution in [0.5, 0.6) is 0 Å². The molecule has 0 aliphatic heterocycles. The number of hydrogen-bond donors (Lipinski definition) is 0. The fourth-order valence-corrected chi connectivity index (χ4v) is 19.5. The average Bonchev–Trinajstić information content (AvgIpc) is 2.36. The van der Waals surface area contributed by atoms with Gasteiger partial charge >= 0.3 is 0 Å². The fourth-order valence-electron chi connectivity index (χ4n) is 19.5. The first-order valence-corrected chi connectivity index (χ1v) is 31.8. The molecule has 11 heterocycles. The van der Waals surface area contributed by atoms with Gasteiger partial charge in [0.2, 0.25) is 0 Å². The minimum absolute atomic E-state index is 0.356. The molecule has 0 saturated heterocycles. The summed E-state index contributed by atoms with van der Waals surface area (Å²) in [5, 5.41) is 1.24. The SMILES string of the molecule is c1ccc2nc3c(cc2c1)C[C@H]1C[C@H]3Cc2cc3nc4c(cc3nc21)CC1C[C@H]4Cc2cc3nc4c(cc3nc21)CC1CC4Cc2cc3nc4c(cc3nc21)CC1CC4Cc2cc3nc4c(cc3nc21)CC1CC4Cc2cc3ncccc3nc21. The summed E-state index contributed by atoms with van der Waals surface area (Å²) in [6.45, 7) is 0. The first kappa shape index (κ1) is 45.8. The predicted octanol–water partition coefficient (Wildman–Crippen LogP) is 13.8. The lowest BCUT2D eigenvalue weighted by molar-refractivity contribution is 0.436. The zero-order chi connectivity index (χ0) is 54.7. The molecule has 22 rings (SSSR count).